The van der Waals surface area contributed by atoms with E-state index in [0.29, 0.717) is 16.5 Å². The summed E-state index contributed by atoms with van der Waals surface area (Å²) in [6.45, 7) is 0. The summed E-state index contributed by atoms with van der Waals surface area (Å²) in [5.41, 5.74) is 2.70. The lowest BCUT2D eigenvalue weighted by atomic mass is 10.0. The van der Waals surface area contributed by atoms with Crippen molar-refractivity contribution in [2.75, 3.05) is 16.4 Å². The van der Waals surface area contributed by atoms with Crippen LogP contribution in [0.3, 0.4) is 0 Å². The lowest BCUT2D eigenvalue weighted by Crippen LogP contribution is -2.37. The molecule has 26 heavy (non-hydrogen) atoms. The average Bonchev–Trinajstić information content (AvgIpc) is 3.07. The Bertz CT molecular complexity index is 862. The van der Waals surface area contributed by atoms with Crippen LogP contribution in [0.15, 0.2) is 53.5 Å². The van der Waals surface area contributed by atoms with Gasteiger partial charge in [0.05, 0.1) is 5.75 Å². The van der Waals surface area contributed by atoms with E-state index in [1.54, 1.807) is 12.1 Å². The number of benzene rings is 2. The van der Waals surface area contributed by atoms with Crippen LogP contribution in [0.5, 0.6) is 0 Å². The first-order valence-corrected chi connectivity index (χ1v) is 10.2. The molecule has 4 nitrogen and oxygen atoms in total. The summed E-state index contributed by atoms with van der Waals surface area (Å²) in [6, 6.07) is 15.4. The van der Waals surface area contributed by atoms with Crippen molar-refractivity contribution >= 4 is 45.7 Å². The van der Waals surface area contributed by atoms with E-state index in [0.717, 1.165) is 29.1 Å². The molecule has 4 rings (SSSR count). The quantitative estimate of drug-likeness (QED) is 0.767. The maximum Gasteiger partial charge on any atom is 0.234 e. The molecule has 2 N–H and O–H groups in total. The van der Waals surface area contributed by atoms with Crippen LogP contribution in [0.2, 0.25) is 5.02 Å². The first-order valence-electron chi connectivity index (χ1n) is 8.79. The Balaban J connectivity index is 1.49. The molecule has 2 aromatic rings. The number of amides is 1. The summed E-state index contributed by atoms with van der Waals surface area (Å²) >= 11 is 7.47. The molecule has 1 amide bonds. The molecule has 0 radical (unpaired) electrons. The van der Waals surface area contributed by atoms with Gasteiger partial charge in [-0.2, -0.15) is 0 Å². The third kappa shape index (κ3) is 3.74. The molecule has 0 bridgehead atoms. The number of hydrogen-bond donors (Lipinski definition) is 2. The fourth-order valence-electron chi connectivity index (χ4n) is 3.52. The van der Waals surface area contributed by atoms with Crippen LogP contribution in [-0.2, 0) is 4.79 Å². The van der Waals surface area contributed by atoms with E-state index in [1.807, 2.05) is 24.3 Å². The smallest absolute Gasteiger partial charge is 0.234 e. The van der Waals surface area contributed by atoms with E-state index in [-0.39, 0.29) is 11.6 Å². The highest BCUT2D eigenvalue weighted by Gasteiger charge is 2.37. The summed E-state index contributed by atoms with van der Waals surface area (Å²) in [5, 5.41) is 8.07. The topological polar surface area (TPSA) is 53.5 Å². The molecule has 134 valence electrons. The van der Waals surface area contributed by atoms with Gasteiger partial charge in [-0.1, -0.05) is 47.6 Å². The molecule has 0 saturated heterocycles. The molecule has 2 aromatic carbocycles. The lowest BCUT2D eigenvalue weighted by molar-refractivity contribution is -0.113. The number of aliphatic imine (C=N–C) groups is 1. The minimum absolute atomic E-state index is 0.0588. The highest BCUT2D eigenvalue weighted by molar-refractivity contribution is 8.15. The van der Waals surface area contributed by atoms with Crippen LogP contribution in [0.4, 0.5) is 11.4 Å². The van der Waals surface area contributed by atoms with E-state index in [2.05, 4.69) is 22.8 Å². The second-order valence-corrected chi connectivity index (χ2v) is 8.07. The third-order valence-corrected chi connectivity index (χ3v) is 5.95. The Hall–Kier alpha value is -1.98. The second kappa shape index (κ2) is 7.33. The first-order chi connectivity index (χ1) is 12.6. The van der Waals surface area contributed by atoms with Crippen molar-refractivity contribution in [1.82, 2.24) is 0 Å². The minimum atomic E-state index is -0.194. The van der Waals surface area contributed by atoms with E-state index in [9.17, 15) is 4.79 Å². The van der Waals surface area contributed by atoms with Gasteiger partial charge in [0.2, 0.25) is 5.91 Å². The van der Waals surface area contributed by atoms with Crippen LogP contribution >= 0.6 is 23.4 Å². The van der Waals surface area contributed by atoms with Crippen molar-refractivity contribution in [2.45, 2.75) is 31.3 Å². The van der Waals surface area contributed by atoms with Crippen molar-refractivity contribution in [3.05, 3.63) is 59.1 Å². The van der Waals surface area contributed by atoms with Gasteiger partial charge in [0.15, 0.2) is 0 Å². The predicted molar refractivity (Wildman–Crippen MR) is 110 cm³/mol. The van der Waals surface area contributed by atoms with Crippen molar-refractivity contribution in [2.24, 2.45) is 4.99 Å². The molecule has 1 spiro atoms. The number of fused-ring (bicyclic) bond motifs is 1. The molecule has 1 fully saturated rings. The summed E-state index contributed by atoms with van der Waals surface area (Å²) in [6.07, 6.45) is 4.46. The summed E-state index contributed by atoms with van der Waals surface area (Å²) in [5.74, 6) is 0.256. The molecule has 1 aliphatic carbocycles. The van der Waals surface area contributed by atoms with Gasteiger partial charge in [-0.05, 0) is 49.9 Å². The molecule has 0 unspecified atom stereocenters. The molecule has 1 heterocycles. The van der Waals surface area contributed by atoms with Crippen LogP contribution < -0.4 is 10.6 Å². The number of para-hydroxylation sites is 1. The zero-order valence-electron chi connectivity index (χ0n) is 14.3. The number of hydrogen-bond acceptors (Lipinski definition) is 4. The van der Waals surface area contributed by atoms with E-state index in [4.69, 9.17) is 16.6 Å². The zero-order valence-corrected chi connectivity index (χ0v) is 15.9. The minimum Gasteiger partial charge on any atom is -0.361 e. The first kappa shape index (κ1) is 17.4. The molecule has 1 saturated carbocycles. The number of halogens is 1. The SMILES string of the molecule is O=C(CSC1=NC2(CCCC2)Nc2ccccc21)Nc1cccc(Cl)c1. The van der Waals surface area contributed by atoms with E-state index in [1.165, 1.54) is 24.6 Å². The lowest BCUT2D eigenvalue weighted by Gasteiger charge is -2.33. The van der Waals surface area contributed by atoms with Gasteiger partial charge in [0.1, 0.15) is 10.7 Å². The number of carbonyl (C=O) groups excluding carboxylic acids is 1. The Labute approximate surface area is 162 Å². The molecule has 1 aliphatic heterocycles. The molecule has 0 aromatic heterocycles. The van der Waals surface area contributed by atoms with Crippen molar-refractivity contribution in [1.29, 1.82) is 0 Å². The van der Waals surface area contributed by atoms with Gasteiger partial charge in [-0.15, -0.1) is 0 Å². The largest absolute Gasteiger partial charge is 0.361 e. The van der Waals surface area contributed by atoms with Crippen molar-refractivity contribution in [3.8, 4) is 0 Å². The van der Waals surface area contributed by atoms with Crippen LogP contribution in [0.25, 0.3) is 0 Å². The fraction of sp³-hybridized carbons (Fsp3) is 0.300. The number of rotatable bonds is 3. The predicted octanol–water partition coefficient (Wildman–Crippen LogP) is 5.15. The van der Waals surface area contributed by atoms with E-state index < -0.39 is 0 Å². The number of anilines is 2. The molecule has 0 atom stereocenters. The molecule has 2 aliphatic rings. The Morgan fingerprint density at radius 1 is 1.19 bits per heavy atom. The van der Waals surface area contributed by atoms with Crippen LogP contribution in [0, 0.1) is 0 Å². The summed E-state index contributed by atoms with van der Waals surface area (Å²) < 4.78 is 0. The highest BCUT2D eigenvalue weighted by atomic mass is 35.5. The Morgan fingerprint density at radius 2 is 2.00 bits per heavy atom. The number of nitrogens with one attached hydrogen (secondary N) is 2. The highest BCUT2D eigenvalue weighted by Crippen LogP contribution is 2.40. The Kier molecular flexibility index (Phi) is 4.92. The normalized spacial score (nSPS) is 17.3. The van der Waals surface area contributed by atoms with Crippen molar-refractivity contribution in [3.63, 3.8) is 0 Å². The van der Waals surface area contributed by atoms with Crippen molar-refractivity contribution < 1.29 is 4.79 Å². The maximum absolute atomic E-state index is 12.3. The van der Waals surface area contributed by atoms with Gasteiger partial charge >= 0.3 is 0 Å². The number of nitrogens with zero attached hydrogens (tertiary/aromatic N) is 1. The van der Waals surface area contributed by atoms with Gasteiger partial charge in [-0.3, -0.25) is 4.79 Å². The monoisotopic (exact) mass is 385 g/mol. The van der Waals surface area contributed by atoms with Crippen LogP contribution in [0.1, 0.15) is 31.2 Å². The maximum atomic E-state index is 12.3. The second-order valence-electron chi connectivity index (χ2n) is 6.67. The molecular weight excluding hydrogens is 366 g/mol. The van der Waals surface area contributed by atoms with E-state index >= 15 is 0 Å². The van der Waals surface area contributed by atoms with Gasteiger partial charge in [0, 0.05) is 22.0 Å². The Morgan fingerprint density at radius 3 is 2.81 bits per heavy atom. The average molecular weight is 386 g/mol. The summed E-state index contributed by atoms with van der Waals surface area (Å²) in [4.78, 5) is 17.4. The molecule has 6 heteroatoms. The van der Waals surface area contributed by atoms with Crippen LogP contribution in [-0.4, -0.2) is 22.4 Å². The third-order valence-electron chi connectivity index (χ3n) is 4.72. The summed E-state index contributed by atoms with van der Waals surface area (Å²) in [7, 11) is 0. The number of thioether (sulfide) groups is 1. The standard InChI is InChI=1S/C20H20ClN3OS/c21-14-6-5-7-15(12-14)22-18(25)13-26-19-16-8-1-2-9-17(16)23-20(24-19)10-3-4-11-20/h1-2,5-9,12,23H,3-4,10-11,13H2,(H,22,25). The van der Waals surface area contributed by atoms with Gasteiger partial charge in [-0.25, -0.2) is 4.99 Å². The number of carbonyl (C=O) groups is 1. The zero-order chi connectivity index (χ0) is 18.0. The van der Waals surface area contributed by atoms with Gasteiger partial charge < -0.3 is 10.6 Å². The fourth-order valence-corrected chi connectivity index (χ4v) is 4.62. The molecular formula is C20H20ClN3OS. The van der Waals surface area contributed by atoms with Gasteiger partial charge in [0.25, 0.3) is 0 Å².